The Balaban J connectivity index is 3.28. The summed E-state index contributed by atoms with van der Waals surface area (Å²) in [6, 6.07) is 6.35. The van der Waals surface area contributed by atoms with E-state index in [1.807, 2.05) is 0 Å². The van der Waals surface area contributed by atoms with Gasteiger partial charge in [0.25, 0.3) is 0 Å². The van der Waals surface area contributed by atoms with Crippen LogP contribution in [0.4, 0.5) is 0 Å². The molecule has 0 unspecified atom stereocenters. The van der Waals surface area contributed by atoms with E-state index in [1.54, 1.807) is 0 Å². The van der Waals surface area contributed by atoms with Crippen LogP contribution in [0.3, 0.4) is 0 Å². The number of phenols is 1. The summed E-state index contributed by atoms with van der Waals surface area (Å²) in [6.07, 6.45) is 1.09. The highest BCUT2D eigenvalue weighted by molar-refractivity contribution is 7.90. The normalized spacial score (nSPS) is 11.4. The van der Waals surface area contributed by atoms with Gasteiger partial charge in [-0.05, 0) is 18.2 Å². The molecule has 0 bridgehead atoms. The quantitative estimate of drug-likeness (QED) is 0.673. The second kappa shape index (κ2) is 2.54. The molecule has 0 fully saturated rings. The fraction of sp³-hybridized carbons (Fsp3) is 0.143. The maximum absolute atomic E-state index is 10.9. The van der Waals surface area contributed by atoms with E-state index in [0.717, 1.165) is 12.3 Å². The Morgan fingerprint density at radius 3 is 2.55 bits per heavy atom. The van der Waals surface area contributed by atoms with Crippen LogP contribution in [0.1, 0.15) is 0 Å². The van der Waals surface area contributed by atoms with Gasteiger partial charge in [-0.15, -0.1) is 0 Å². The van der Waals surface area contributed by atoms with Crippen molar-refractivity contribution in [2.45, 2.75) is 4.90 Å². The molecule has 0 aliphatic carbocycles. The molecule has 1 N–H and O–H groups in total. The zero-order valence-electron chi connectivity index (χ0n) is 5.90. The first-order chi connectivity index (χ1) is 5.00. The van der Waals surface area contributed by atoms with Gasteiger partial charge in [0, 0.05) is 12.3 Å². The highest BCUT2D eigenvalue weighted by Gasteiger charge is 2.05. The number of hydrogen-bond donors (Lipinski definition) is 1. The van der Waals surface area contributed by atoms with Gasteiger partial charge >= 0.3 is 0 Å². The zero-order valence-corrected chi connectivity index (χ0v) is 6.72. The Hall–Kier alpha value is -1.03. The number of rotatable bonds is 1. The third kappa shape index (κ3) is 1.94. The molecule has 59 valence electrons. The van der Waals surface area contributed by atoms with Gasteiger partial charge in [0.05, 0.1) is 4.90 Å². The largest absolute Gasteiger partial charge is 0.507 e. The highest BCUT2D eigenvalue weighted by Crippen LogP contribution is 2.14. The maximum atomic E-state index is 10.9. The zero-order chi connectivity index (χ0) is 8.48. The van der Waals surface area contributed by atoms with Crippen LogP contribution in [0.2, 0.25) is 0 Å². The van der Waals surface area contributed by atoms with E-state index < -0.39 is 9.84 Å². The van der Waals surface area contributed by atoms with Crippen LogP contribution in [0.15, 0.2) is 23.1 Å². The number of aromatic hydroxyl groups is 1. The van der Waals surface area contributed by atoms with Gasteiger partial charge in [-0.3, -0.25) is 0 Å². The van der Waals surface area contributed by atoms with Crippen LogP contribution in [0.25, 0.3) is 0 Å². The summed E-state index contributed by atoms with van der Waals surface area (Å²) in [7, 11) is -3.21. The Morgan fingerprint density at radius 2 is 2.18 bits per heavy atom. The van der Waals surface area contributed by atoms with Gasteiger partial charge in [0.2, 0.25) is 0 Å². The molecule has 1 rings (SSSR count). The maximum Gasteiger partial charge on any atom is 0.175 e. The second-order valence-corrected chi connectivity index (χ2v) is 4.20. The molecule has 0 saturated heterocycles. The first-order valence-electron chi connectivity index (χ1n) is 2.91. The smallest absolute Gasteiger partial charge is 0.175 e. The van der Waals surface area contributed by atoms with Crippen molar-refractivity contribution in [1.29, 1.82) is 0 Å². The molecular weight excluding hydrogens is 164 g/mol. The van der Waals surface area contributed by atoms with Crippen LogP contribution in [-0.2, 0) is 9.84 Å². The van der Waals surface area contributed by atoms with Crippen molar-refractivity contribution in [2.75, 3.05) is 6.26 Å². The average Bonchev–Trinajstić information content (AvgIpc) is 1.86. The second-order valence-electron chi connectivity index (χ2n) is 2.18. The summed E-state index contributed by atoms with van der Waals surface area (Å²) < 4.78 is 21.7. The summed E-state index contributed by atoms with van der Waals surface area (Å²) in [5, 5.41) is 8.86. The van der Waals surface area contributed by atoms with Crippen molar-refractivity contribution < 1.29 is 13.5 Å². The summed E-state index contributed by atoms with van der Waals surface area (Å²) in [5.41, 5.74) is 0. The monoisotopic (exact) mass is 171 g/mol. The van der Waals surface area contributed by atoms with Crippen LogP contribution in [-0.4, -0.2) is 19.8 Å². The van der Waals surface area contributed by atoms with Crippen LogP contribution in [0.5, 0.6) is 5.75 Å². The Kier molecular flexibility index (Phi) is 1.87. The summed E-state index contributed by atoms with van der Waals surface area (Å²) >= 11 is 0. The molecule has 11 heavy (non-hydrogen) atoms. The standard InChI is InChI=1S/C7H7O3S/c1-11(9,10)7-4-2-3-6(8)5-7/h2,4-5,8H,1H3. The number of sulfone groups is 1. The minimum atomic E-state index is -3.21. The summed E-state index contributed by atoms with van der Waals surface area (Å²) in [5.74, 6) is -0.159. The topological polar surface area (TPSA) is 54.4 Å². The van der Waals surface area contributed by atoms with E-state index in [9.17, 15) is 8.42 Å². The van der Waals surface area contributed by atoms with Gasteiger partial charge in [-0.1, -0.05) is 0 Å². The van der Waals surface area contributed by atoms with E-state index in [4.69, 9.17) is 5.11 Å². The fourth-order valence-corrected chi connectivity index (χ4v) is 1.31. The third-order valence-corrected chi connectivity index (χ3v) is 2.30. The number of benzene rings is 1. The predicted molar refractivity (Wildman–Crippen MR) is 40.1 cm³/mol. The number of phenolic OH excluding ortho intramolecular Hbond substituents is 1. The third-order valence-electron chi connectivity index (χ3n) is 1.19. The molecule has 0 saturated carbocycles. The minimum absolute atomic E-state index is 0.105. The first kappa shape index (κ1) is 8.07. The molecule has 1 radical (unpaired) electrons. The van der Waals surface area contributed by atoms with Crippen molar-refractivity contribution in [3.05, 3.63) is 24.3 Å². The molecule has 3 nitrogen and oxygen atoms in total. The molecule has 0 amide bonds. The van der Waals surface area contributed by atoms with Gasteiger partial charge in [0.15, 0.2) is 9.84 Å². The lowest BCUT2D eigenvalue weighted by Gasteiger charge is -1.96. The molecule has 0 atom stereocenters. The SMILES string of the molecule is CS(=O)(=O)c1cc[c]c(O)c1. The van der Waals surface area contributed by atoms with Gasteiger partial charge < -0.3 is 5.11 Å². The lowest BCUT2D eigenvalue weighted by molar-refractivity contribution is 0.472. The number of hydrogen-bond acceptors (Lipinski definition) is 3. The lowest BCUT2D eigenvalue weighted by atomic mass is 10.3. The van der Waals surface area contributed by atoms with Crippen molar-refractivity contribution >= 4 is 9.84 Å². The molecule has 1 aromatic carbocycles. The molecule has 0 heterocycles. The molecule has 0 aliphatic heterocycles. The van der Waals surface area contributed by atoms with Crippen molar-refractivity contribution in [3.63, 3.8) is 0 Å². The molecule has 1 aromatic rings. The summed E-state index contributed by atoms with van der Waals surface area (Å²) in [6.45, 7) is 0. The van der Waals surface area contributed by atoms with Crippen molar-refractivity contribution in [3.8, 4) is 5.75 Å². The minimum Gasteiger partial charge on any atom is -0.507 e. The van der Waals surface area contributed by atoms with Gasteiger partial charge in [-0.25, -0.2) is 8.42 Å². The summed E-state index contributed by atoms with van der Waals surface area (Å²) in [4.78, 5) is 0.105. The van der Waals surface area contributed by atoms with Gasteiger partial charge in [-0.2, -0.15) is 0 Å². The van der Waals surface area contributed by atoms with Crippen LogP contribution in [0, 0.1) is 6.07 Å². The average molecular weight is 171 g/mol. The Bertz CT molecular complexity index is 354. The lowest BCUT2D eigenvalue weighted by Crippen LogP contribution is -1.95. The van der Waals surface area contributed by atoms with Gasteiger partial charge in [0.1, 0.15) is 5.75 Å². The Morgan fingerprint density at radius 1 is 1.55 bits per heavy atom. The highest BCUT2D eigenvalue weighted by atomic mass is 32.2. The molecule has 4 heteroatoms. The van der Waals surface area contributed by atoms with E-state index in [2.05, 4.69) is 6.07 Å². The van der Waals surface area contributed by atoms with Crippen molar-refractivity contribution in [1.82, 2.24) is 0 Å². The molecule has 0 aromatic heterocycles. The predicted octanol–water partition coefficient (Wildman–Crippen LogP) is 0.596. The first-order valence-corrected chi connectivity index (χ1v) is 4.80. The van der Waals surface area contributed by atoms with E-state index in [-0.39, 0.29) is 10.6 Å². The molecular formula is C7H7O3S. The molecule has 0 aliphatic rings. The molecule has 0 spiro atoms. The van der Waals surface area contributed by atoms with E-state index in [1.165, 1.54) is 12.1 Å². The Labute approximate surface area is 65.2 Å². The van der Waals surface area contributed by atoms with Crippen LogP contribution < -0.4 is 0 Å². The van der Waals surface area contributed by atoms with Crippen LogP contribution >= 0.6 is 0 Å². The van der Waals surface area contributed by atoms with E-state index in [0.29, 0.717) is 0 Å². The fourth-order valence-electron chi connectivity index (χ4n) is 0.664. The van der Waals surface area contributed by atoms with E-state index >= 15 is 0 Å². The van der Waals surface area contributed by atoms with Crippen molar-refractivity contribution in [2.24, 2.45) is 0 Å².